The summed E-state index contributed by atoms with van der Waals surface area (Å²) < 4.78 is 58.5. The zero-order chi connectivity index (χ0) is 42.7. The summed E-state index contributed by atoms with van der Waals surface area (Å²) in [6, 6.07) is 28.3. The largest absolute Gasteiger partial charge is 0.496 e. The highest BCUT2D eigenvalue weighted by Crippen LogP contribution is 2.51. The van der Waals surface area contributed by atoms with E-state index in [1.54, 1.807) is 85.8 Å². The molecule has 0 aliphatic carbocycles. The maximum Gasteiger partial charge on any atom is 0.231 e. The monoisotopic (exact) mass is 822 g/mol. The summed E-state index contributed by atoms with van der Waals surface area (Å²) in [4.78, 5) is 0. The van der Waals surface area contributed by atoms with Crippen molar-refractivity contribution in [2.75, 3.05) is 42.3 Å². The number of methoxy groups -OCH3 is 5. The number of aliphatic hydroxyl groups is 2. The Bertz CT molecular complexity index is 2280. The van der Waals surface area contributed by atoms with Gasteiger partial charge in [0.1, 0.15) is 30.2 Å². The van der Waals surface area contributed by atoms with E-state index in [0.717, 1.165) is 22.3 Å². The normalized spacial score (nSPS) is 20.1. The molecule has 12 heteroatoms. The van der Waals surface area contributed by atoms with E-state index in [4.69, 9.17) is 47.4 Å². The van der Waals surface area contributed by atoms with Crippen LogP contribution in [0.1, 0.15) is 74.4 Å². The number of aliphatic hydroxyl groups excluding tert-OH is 2. The summed E-state index contributed by atoms with van der Waals surface area (Å²) in [7, 11) is 7.97. The quantitative estimate of drug-likeness (QED) is 0.0984. The molecule has 1 fully saturated rings. The van der Waals surface area contributed by atoms with Crippen molar-refractivity contribution in [2.24, 2.45) is 11.8 Å². The first-order valence-electron chi connectivity index (χ1n) is 20.0. The Balaban J connectivity index is 1.04. The Morgan fingerprint density at radius 1 is 0.500 bits per heavy atom. The topological polar surface area (TPSA) is 133 Å². The smallest absolute Gasteiger partial charge is 0.231 e. The minimum Gasteiger partial charge on any atom is -0.496 e. The van der Waals surface area contributed by atoms with Crippen molar-refractivity contribution < 1.29 is 57.6 Å². The summed E-state index contributed by atoms with van der Waals surface area (Å²) >= 11 is 0. The molecule has 7 rings (SSSR count). The van der Waals surface area contributed by atoms with Gasteiger partial charge < -0.3 is 57.6 Å². The van der Waals surface area contributed by atoms with Crippen LogP contribution in [0.25, 0.3) is 11.1 Å². The van der Waals surface area contributed by atoms with Gasteiger partial charge in [-0.05, 0) is 108 Å². The third-order valence-electron chi connectivity index (χ3n) is 11.6. The second-order valence-corrected chi connectivity index (χ2v) is 15.2. The molecule has 1 saturated heterocycles. The Morgan fingerprint density at radius 2 is 0.983 bits per heavy atom. The Hall–Kier alpha value is -5.82. The summed E-state index contributed by atoms with van der Waals surface area (Å²) in [6.07, 6.45) is -3.46. The summed E-state index contributed by atoms with van der Waals surface area (Å²) in [5, 5.41) is 22.3. The highest BCUT2D eigenvalue weighted by molar-refractivity contribution is 5.73. The third kappa shape index (κ3) is 8.45. The second kappa shape index (κ2) is 18.2. The lowest BCUT2D eigenvalue weighted by atomic mass is 9.85. The minimum absolute atomic E-state index is 0.159. The molecule has 2 aliphatic heterocycles. The summed E-state index contributed by atoms with van der Waals surface area (Å²) in [5.74, 6) is 5.45. The molecule has 12 nitrogen and oxygen atoms in total. The van der Waals surface area contributed by atoms with Crippen molar-refractivity contribution in [3.63, 3.8) is 0 Å². The molecular formula is C48H54O12. The van der Waals surface area contributed by atoms with Crippen LogP contribution in [-0.2, 0) is 4.74 Å². The van der Waals surface area contributed by atoms with Crippen LogP contribution in [0, 0.1) is 11.8 Å². The molecule has 0 bridgehead atoms. The zero-order valence-electron chi connectivity index (χ0n) is 35.5. The fraction of sp³-hybridized carbons (Fsp3) is 0.375. The minimum atomic E-state index is -0.935. The van der Waals surface area contributed by atoms with Gasteiger partial charge in [-0.2, -0.15) is 0 Å². The van der Waals surface area contributed by atoms with Crippen LogP contribution >= 0.6 is 0 Å². The Morgan fingerprint density at radius 3 is 1.60 bits per heavy atom. The standard InChI is InChI=1S/C48H54O12/c1-26-27(2)48(34-14-19-39(43(24-34)55-9)59-28(3)45(49)31-12-16-36(51-5)41(21-31)53-7)60-47(26)33-10-15-35(40(23-33)52-6)30-11-18-38(42(20-30)54-8)58-29(4)46(50)32-13-17-37-44(22-32)57-25-56-37/h10-24,26-29,45-50H,25H2,1-9H3. The van der Waals surface area contributed by atoms with Crippen LogP contribution in [-0.4, -0.2) is 64.8 Å². The van der Waals surface area contributed by atoms with Crippen LogP contribution in [0.2, 0.25) is 0 Å². The number of benzene rings is 5. The van der Waals surface area contributed by atoms with Crippen molar-refractivity contribution in [2.45, 2.75) is 64.3 Å². The van der Waals surface area contributed by atoms with Gasteiger partial charge in [0.15, 0.2) is 46.0 Å². The van der Waals surface area contributed by atoms with Crippen LogP contribution in [0.3, 0.4) is 0 Å². The number of rotatable bonds is 16. The maximum absolute atomic E-state index is 11.2. The highest BCUT2D eigenvalue weighted by atomic mass is 16.7. The zero-order valence-corrected chi connectivity index (χ0v) is 35.5. The van der Waals surface area contributed by atoms with E-state index in [9.17, 15) is 10.2 Å². The highest BCUT2D eigenvalue weighted by Gasteiger charge is 2.41. The van der Waals surface area contributed by atoms with Crippen LogP contribution < -0.4 is 42.6 Å². The first-order valence-corrected chi connectivity index (χ1v) is 20.0. The number of fused-ring (bicyclic) bond motifs is 1. The molecular weight excluding hydrogens is 769 g/mol. The van der Waals surface area contributed by atoms with E-state index in [2.05, 4.69) is 19.9 Å². The van der Waals surface area contributed by atoms with Crippen molar-refractivity contribution in [1.82, 2.24) is 0 Å². The predicted octanol–water partition coefficient (Wildman–Crippen LogP) is 9.21. The molecule has 60 heavy (non-hydrogen) atoms. The van der Waals surface area contributed by atoms with Gasteiger partial charge >= 0.3 is 0 Å². The van der Waals surface area contributed by atoms with Gasteiger partial charge in [0.25, 0.3) is 0 Å². The van der Waals surface area contributed by atoms with Crippen LogP contribution in [0.5, 0.6) is 51.7 Å². The molecule has 2 heterocycles. The van der Waals surface area contributed by atoms with E-state index in [0.29, 0.717) is 62.9 Å². The second-order valence-electron chi connectivity index (χ2n) is 15.2. The summed E-state index contributed by atoms with van der Waals surface area (Å²) in [5.41, 5.74) is 5.01. The molecule has 2 N–H and O–H groups in total. The number of hydrogen-bond donors (Lipinski definition) is 2. The average molecular weight is 823 g/mol. The molecule has 0 saturated carbocycles. The van der Waals surface area contributed by atoms with E-state index in [-0.39, 0.29) is 30.8 Å². The lowest BCUT2D eigenvalue weighted by molar-refractivity contribution is 0.0285. The lowest BCUT2D eigenvalue weighted by Crippen LogP contribution is -2.22. The van der Waals surface area contributed by atoms with E-state index in [1.807, 2.05) is 48.5 Å². The van der Waals surface area contributed by atoms with Gasteiger partial charge in [-0.3, -0.25) is 0 Å². The van der Waals surface area contributed by atoms with Gasteiger partial charge in [0, 0.05) is 5.56 Å². The molecule has 5 aromatic rings. The van der Waals surface area contributed by atoms with Crippen molar-refractivity contribution in [1.29, 1.82) is 0 Å². The molecule has 8 atom stereocenters. The predicted molar refractivity (Wildman–Crippen MR) is 225 cm³/mol. The van der Waals surface area contributed by atoms with E-state index < -0.39 is 24.4 Å². The van der Waals surface area contributed by atoms with Crippen molar-refractivity contribution in [3.8, 4) is 62.9 Å². The molecule has 0 aromatic heterocycles. The van der Waals surface area contributed by atoms with E-state index in [1.165, 1.54) is 0 Å². The van der Waals surface area contributed by atoms with Gasteiger partial charge in [0.2, 0.25) is 6.79 Å². The Labute approximate surface area is 351 Å². The SMILES string of the molecule is COc1ccc(C(O)C(C)Oc2ccc(C3OC(c4ccc(-c5ccc(OC(C)C(O)c6ccc7c(c6)OCO7)c(OC)c5)c(OC)c4)C(C)C3C)cc2OC)cc1OC. The molecule has 0 spiro atoms. The fourth-order valence-electron chi connectivity index (χ4n) is 7.94. The third-order valence-corrected chi connectivity index (χ3v) is 11.6. The van der Waals surface area contributed by atoms with Gasteiger partial charge in [-0.15, -0.1) is 0 Å². The molecule has 2 aliphatic rings. The van der Waals surface area contributed by atoms with Crippen molar-refractivity contribution >= 4 is 0 Å². The van der Waals surface area contributed by atoms with Gasteiger partial charge in [-0.25, -0.2) is 0 Å². The number of ether oxygens (including phenoxy) is 10. The first-order chi connectivity index (χ1) is 29.0. The lowest BCUT2D eigenvalue weighted by Gasteiger charge is -2.24. The molecule has 8 unspecified atom stereocenters. The maximum atomic E-state index is 11.2. The first kappa shape index (κ1) is 42.3. The summed E-state index contributed by atoms with van der Waals surface area (Å²) in [6.45, 7) is 8.17. The fourth-order valence-corrected chi connectivity index (χ4v) is 7.94. The molecule has 0 amide bonds. The van der Waals surface area contributed by atoms with Gasteiger partial charge in [0.05, 0.1) is 47.8 Å². The molecule has 5 aromatic carbocycles. The van der Waals surface area contributed by atoms with Crippen LogP contribution in [0.4, 0.5) is 0 Å². The van der Waals surface area contributed by atoms with Gasteiger partial charge in [-0.1, -0.05) is 50.2 Å². The van der Waals surface area contributed by atoms with Crippen molar-refractivity contribution in [3.05, 3.63) is 113 Å². The average Bonchev–Trinajstić information content (AvgIpc) is 3.88. The Kier molecular flexibility index (Phi) is 12.8. The molecule has 318 valence electrons. The van der Waals surface area contributed by atoms with E-state index >= 15 is 0 Å². The molecule has 0 radical (unpaired) electrons. The van der Waals surface area contributed by atoms with Crippen LogP contribution in [0.15, 0.2) is 91.0 Å². The number of hydrogen-bond acceptors (Lipinski definition) is 12.